The molecule has 102 valence electrons. The molecule has 1 aromatic carbocycles. The van der Waals surface area contributed by atoms with Crippen LogP contribution in [-0.2, 0) is 11.3 Å². The SMILES string of the molecule is O=C1CCCC[C@H]2NCC[C@@H]2N1Cc1ccccc1. The minimum absolute atomic E-state index is 0.335. The zero-order valence-electron chi connectivity index (χ0n) is 11.3. The van der Waals surface area contributed by atoms with E-state index in [9.17, 15) is 4.79 Å². The fraction of sp³-hybridized carbons (Fsp3) is 0.562. The first-order valence-corrected chi connectivity index (χ1v) is 7.41. The molecule has 0 bridgehead atoms. The number of benzene rings is 1. The highest BCUT2D eigenvalue weighted by atomic mass is 16.2. The van der Waals surface area contributed by atoms with Gasteiger partial charge >= 0.3 is 0 Å². The van der Waals surface area contributed by atoms with Crippen molar-refractivity contribution in [2.75, 3.05) is 6.54 Å². The maximum Gasteiger partial charge on any atom is 0.223 e. The summed E-state index contributed by atoms with van der Waals surface area (Å²) in [4.78, 5) is 14.5. The summed E-state index contributed by atoms with van der Waals surface area (Å²) in [5.41, 5.74) is 1.24. The topological polar surface area (TPSA) is 32.3 Å². The van der Waals surface area contributed by atoms with Crippen molar-refractivity contribution in [2.24, 2.45) is 0 Å². The van der Waals surface area contributed by atoms with E-state index >= 15 is 0 Å². The molecule has 0 radical (unpaired) electrons. The highest BCUT2D eigenvalue weighted by Gasteiger charge is 2.35. The van der Waals surface area contributed by atoms with Gasteiger partial charge in [0.25, 0.3) is 0 Å². The van der Waals surface area contributed by atoms with Gasteiger partial charge in [0.1, 0.15) is 0 Å². The number of nitrogens with zero attached hydrogens (tertiary/aromatic N) is 1. The molecule has 1 aromatic rings. The van der Waals surface area contributed by atoms with Gasteiger partial charge in [0, 0.05) is 25.0 Å². The van der Waals surface area contributed by atoms with Gasteiger partial charge in [-0.25, -0.2) is 0 Å². The van der Waals surface area contributed by atoms with Crippen LogP contribution >= 0.6 is 0 Å². The highest BCUT2D eigenvalue weighted by Crippen LogP contribution is 2.25. The quantitative estimate of drug-likeness (QED) is 0.883. The second-order valence-corrected chi connectivity index (χ2v) is 5.67. The Morgan fingerprint density at radius 3 is 2.84 bits per heavy atom. The lowest BCUT2D eigenvalue weighted by Crippen LogP contribution is -2.47. The molecule has 0 spiro atoms. The van der Waals surface area contributed by atoms with Crippen LogP contribution in [0.3, 0.4) is 0 Å². The summed E-state index contributed by atoms with van der Waals surface area (Å²) in [6.07, 6.45) is 5.25. The average molecular weight is 258 g/mol. The molecular formula is C16H22N2O. The normalized spacial score (nSPS) is 27.8. The molecule has 2 fully saturated rings. The summed E-state index contributed by atoms with van der Waals surface area (Å²) >= 11 is 0. The fourth-order valence-electron chi connectivity index (χ4n) is 3.38. The van der Waals surface area contributed by atoms with Crippen LogP contribution in [0.4, 0.5) is 0 Å². The minimum atomic E-state index is 0.335. The lowest BCUT2D eigenvalue weighted by Gasteiger charge is -2.35. The third-order valence-corrected chi connectivity index (χ3v) is 4.38. The lowest BCUT2D eigenvalue weighted by molar-refractivity contribution is -0.135. The lowest BCUT2D eigenvalue weighted by atomic mass is 9.97. The molecule has 0 saturated carbocycles. The van der Waals surface area contributed by atoms with Gasteiger partial charge in [-0.05, 0) is 31.4 Å². The van der Waals surface area contributed by atoms with Gasteiger partial charge in [0.05, 0.1) is 0 Å². The highest BCUT2D eigenvalue weighted by molar-refractivity contribution is 5.76. The molecule has 19 heavy (non-hydrogen) atoms. The van der Waals surface area contributed by atoms with E-state index in [0.29, 0.717) is 18.0 Å². The van der Waals surface area contributed by atoms with Crippen LogP contribution in [0.1, 0.15) is 37.7 Å². The van der Waals surface area contributed by atoms with Gasteiger partial charge < -0.3 is 10.2 Å². The van der Waals surface area contributed by atoms with E-state index in [4.69, 9.17) is 0 Å². The Kier molecular flexibility index (Phi) is 3.83. The smallest absolute Gasteiger partial charge is 0.223 e. The van der Waals surface area contributed by atoms with E-state index in [-0.39, 0.29) is 0 Å². The van der Waals surface area contributed by atoms with Crippen molar-refractivity contribution in [3.05, 3.63) is 35.9 Å². The van der Waals surface area contributed by atoms with Crippen molar-refractivity contribution in [2.45, 2.75) is 50.7 Å². The van der Waals surface area contributed by atoms with E-state index in [2.05, 4.69) is 22.3 Å². The number of hydrogen-bond donors (Lipinski definition) is 1. The Balaban J connectivity index is 1.79. The van der Waals surface area contributed by atoms with Crippen molar-refractivity contribution < 1.29 is 4.79 Å². The van der Waals surface area contributed by atoms with Gasteiger partial charge in [-0.15, -0.1) is 0 Å². The minimum Gasteiger partial charge on any atom is -0.334 e. The second-order valence-electron chi connectivity index (χ2n) is 5.67. The first-order chi connectivity index (χ1) is 9.34. The molecule has 2 aliphatic rings. The van der Waals surface area contributed by atoms with Crippen LogP contribution in [0.15, 0.2) is 30.3 Å². The number of carbonyl (C=O) groups is 1. The van der Waals surface area contributed by atoms with Gasteiger partial charge in [0.2, 0.25) is 5.91 Å². The number of rotatable bonds is 2. The Bertz CT molecular complexity index is 432. The van der Waals surface area contributed by atoms with Crippen molar-refractivity contribution in [3.8, 4) is 0 Å². The van der Waals surface area contributed by atoms with E-state index in [1.165, 1.54) is 18.4 Å². The van der Waals surface area contributed by atoms with Crippen molar-refractivity contribution in [1.82, 2.24) is 10.2 Å². The summed E-state index contributed by atoms with van der Waals surface area (Å²) in [5, 5.41) is 3.57. The standard InChI is InChI=1S/C16H22N2O/c19-16-9-5-4-8-14-15(10-11-17-14)18(16)12-13-6-2-1-3-7-13/h1-3,6-7,14-15,17H,4-5,8-12H2/t14-,15+/m1/s1. The first kappa shape index (κ1) is 12.7. The molecule has 3 nitrogen and oxygen atoms in total. The van der Waals surface area contributed by atoms with E-state index in [0.717, 1.165) is 32.4 Å². The number of hydrogen-bond acceptors (Lipinski definition) is 2. The van der Waals surface area contributed by atoms with Gasteiger partial charge in [-0.3, -0.25) is 4.79 Å². The fourth-order valence-corrected chi connectivity index (χ4v) is 3.38. The zero-order chi connectivity index (χ0) is 13.1. The number of nitrogens with one attached hydrogen (secondary N) is 1. The number of likely N-dealkylation sites (tertiary alicyclic amines) is 1. The van der Waals surface area contributed by atoms with Crippen LogP contribution in [0.2, 0.25) is 0 Å². The predicted octanol–water partition coefficient (Wildman–Crippen LogP) is 2.32. The molecule has 3 rings (SSSR count). The summed E-state index contributed by atoms with van der Waals surface area (Å²) in [6.45, 7) is 1.82. The van der Waals surface area contributed by atoms with Crippen molar-refractivity contribution in [3.63, 3.8) is 0 Å². The third kappa shape index (κ3) is 2.81. The van der Waals surface area contributed by atoms with Gasteiger partial charge in [-0.2, -0.15) is 0 Å². The van der Waals surface area contributed by atoms with E-state index in [1.807, 2.05) is 18.2 Å². The zero-order valence-corrected chi connectivity index (χ0v) is 11.3. The van der Waals surface area contributed by atoms with Crippen LogP contribution in [0, 0.1) is 0 Å². The predicted molar refractivity (Wildman–Crippen MR) is 75.7 cm³/mol. The average Bonchev–Trinajstić information content (AvgIpc) is 2.88. The maximum absolute atomic E-state index is 12.4. The molecular weight excluding hydrogens is 236 g/mol. The first-order valence-electron chi connectivity index (χ1n) is 7.41. The molecule has 0 aliphatic carbocycles. The maximum atomic E-state index is 12.4. The van der Waals surface area contributed by atoms with Crippen LogP contribution < -0.4 is 5.32 Å². The summed E-state index contributed by atoms with van der Waals surface area (Å²) in [7, 11) is 0. The van der Waals surface area contributed by atoms with E-state index < -0.39 is 0 Å². The molecule has 0 unspecified atom stereocenters. The largest absolute Gasteiger partial charge is 0.334 e. The van der Waals surface area contributed by atoms with Gasteiger partial charge in [-0.1, -0.05) is 36.8 Å². The summed E-state index contributed by atoms with van der Waals surface area (Å²) in [5.74, 6) is 0.335. The van der Waals surface area contributed by atoms with Crippen LogP contribution in [-0.4, -0.2) is 29.4 Å². The molecule has 3 heteroatoms. The molecule has 2 saturated heterocycles. The summed E-state index contributed by atoms with van der Waals surface area (Å²) < 4.78 is 0. The monoisotopic (exact) mass is 258 g/mol. The molecule has 1 amide bonds. The van der Waals surface area contributed by atoms with Crippen LogP contribution in [0.5, 0.6) is 0 Å². The molecule has 1 N–H and O–H groups in total. The van der Waals surface area contributed by atoms with Crippen molar-refractivity contribution >= 4 is 5.91 Å². The molecule has 2 aliphatic heterocycles. The van der Waals surface area contributed by atoms with Crippen LogP contribution in [0.25, 0.3) is 0 Å². The third-order valence-electron chi connectivity index (χ3n) is 4.38. The summed E-state index contributed by atoms with van der Waals surface area (Å²) in [6, 6.07) is 11.3. The second kappa shape index (κ2) is 5.74. The number of carbonyl (C=O) groups excluding carboxylic acids is 1. The molecule has 0 aromatic heterocycles. The Morgan fingerprint density at radius 2 is 2.00 bits per heavy atom. The Labute approximate surface area is 115 Å². The Hall–Kier alpha value is -1.35. The number of amides is 1. The Morgan fingerprint density at radius 1 is 1.16 bits per heavy atom. The molecule has 2 heterocycles. The molecule has 2 atom stereocenters. The van der Waals surface area contributed by atoms with Gasteiger partial charge in [0.15, 0.2) is 0 Å². The van der Waals surface area contributed by atoms with E-state index in [1.54, 1.807) is 0 Å². The number of fused-ring (bicyclic) bond motifs is 1. The van der Waals surface area contributed by atoms with Crippen molar-refractivity contribution in [1.29, 1.82) is 0 Å².